The molecule has 2 atom stereocenters. The second kappa shape index (κ2) is 9.05. The van der Waals surface area contributed by atoms with Crippen LogP contribution >= 0.6 is 0 Å². The Morgan fingerprint density at radius 1 is 1.04 bits per heavy atom. The lowest BCUT2D eigenvalue weighted by Gasteiger charge is -2.23. The Morgan fingerprint density at radius 2 is 1.79 bits per heavy atom. The molecular weight excluding hydrogens is 308 g/mol. The number of hydrogen-bond donors (Lipinski definition) is 0. The Balaban J connectivity index is 2.20. The molecule has 2 aromatic rings. The van der Waals surface area contributed by atoms with Crippen molar-refractivity contribution >= 4 is 5.97 Å². The first-order valence-corrected chi connectivity index (χ1v) is 7.68. The lowest BCUT2D eigenvalue weighted by molar-refractivity contribution is -0.132. The van der Waals surface area contributed by atoms with E-state index in [2.05, 4.69) is 0 Å². The first-order valence-electron chi connectivity index (χ1n) is 7.68. The van der Waals surface area contributed by atoms with E-state index in [1.807, 2.05) is 37.3 Å². The van der Waals surface area contributed by atoms with E-state index in [-0.39, 0.29) is 6.10 Å². The zero-order valence-corrected chi connectivity index (χ0v) is 14.1. The van der Waals surface area contributed by atoms with Gasteiger partial charge in [0.2, 0.25) is 6.29 Å². The third-order valence-corrected chi connectivity index (χ3v) is 3.33. The van der Waals surface area contributed by atoms with Crippen molar-refractivity contribution in [2.75, 3.05) is 20.8 Å². The molecule has 0 aliphatic heterocycles. The second-order valence-electron chi connectivity index (χ2n) is 5.28. The summed E-state index contributed by atoms with van der Waals surface area (Å²) in [6.07, 6.45) is -0.756. The SMILES string of the molecule is COC[C@H](C)OC(Oc1cccc(C(=O)OC)c1)c1ccccc1. The van der Waals surface area contributed by atoms with E-state index in [0.717, 1.165) is 5.56 Å². The summed E-state index contributed by atoms with van der Waals surface area (Å²) in [7, 11) is 2.97. The van der Waals surface area contributed by atoms with Gasteiger partial charge in [-0.2, -0.15) is 0 Å². The number of benzene rings is 2. The van der Waals surface area contributed by atoms with E-state index < -0.39 is 12.3 Å². The summed E-state index contributed by atoms with van der Waals surface area (Å²) in [5.74, 6) is 0.113. The van der Waals surface area contributed by atoms with Crippen LogP contribution in [0.4, 0.5) is 0 Å². The van der Waals surface area contributed by atoms with Crippen LogP contribution in [-0.4, -0.2) is 32.9 Å². The van der Waals surface area contributed by atoms with Crippen LogP contribution < -0.4 is 4.74 Å². The van der Waals surface area contributed by atoms with Gasteiger partial charge in [-0.15, -0.1) is 0 Å². The van der Waals surface area contributed by atoms with E-state index in [4.69, 9.17) is 18.9 Å². The summed E-state index contributed by atoms with van der Waals surface area (Å²) in [6, 6.07) is 16.4. The van der Waals surface area contributed by atoms with Crippen LogP contribution in [0.2, 0.25) is 0 Å². The van der Waals surface area contributed by atoms with E-state index in [0.29, 0.717) is 17.9 Å². The minimum Gasteiger partial charge on any atom is -0.465 e. The Morgan fingerprint density at radius 3 is 2.46 bits per heavy atom. The average Bonchev–Trinajstić information content (AvgIpc) is 2.61. The molecule has 0 aliphatic rings. The van der Waals surface area contributed by atoms with Crippen molar-refractivity contribution in [3.05, 3.63) is 65.7 Å². The van der Waals surface area contributed by atoms with Gasteiger partial charge in [0.25, 0.3) is 0 Å². The number of carbonyl (C=O) groups excluding carboxylic acids is 1. The fourth-order valence-electron chi connectivity index (χ4n) is 2.21. The molecular formula is C19H22O5. The summed E-state index contributed by atoms with van der Waals surface area (Å²) < 4.78 is 21.8. The van der Waals surface area contributed by atoms with Crippen molar-refractivity contribution in [3.63, 3.8) is 0 Å². The molecule has 0 amide bonds. The van der Waals surface area contributed by atoms with E-state index >= 15 is 0 Å². The fourth-order valence-corrected chi connectivity index (χ4v) is 2.21. The minimum absolute atomic E-state index is 0.149. The molecule has 1 unspecified atom stereocenters. The number of hydrogen-bond acceptors (Lipinski definition) is 5. The molecule has 0 bridgehead atoms. The van der Waals surface area contributed by atoms with Crippen LogP contribution in [0, 0.1) is 0 Å². The molecule has 5 nitrogen and oxygen atoms in total. The van der Waals surface area contributed by atoms with Gasteiger partial charge >= 0.3 is 5.97 Å². The number of esters is 1. The standard InChI is InChI=1S/C19H22O5/c1-14(13-21-2)23-19(15-8-5-4-6-9-15)24-17-11-7-10-16(12-17)18(20)22-3/h4-12,14,19H,13H2,1-3H3/t14-,19?/m0/s1. The molecule has 0 heterocycles. The molecule has 2 aromatic carbocycles. The Hall–Kier alpha value is -2.37. The molecule has 0 saturated carbocycles. The highest BCUT2D eigenvalue weighted by molar-refractivity contribution is 5.89. The Bertz CT molecular complexity index is 641. The first-order chi connectivity index (χ1) is 11.6. The maximum absolute atomic E-state index is 11.7. The zero-order chi connectivity index (χ0) is 17.4. The molecule has 0 spiro atoms. The molecule has 0 saturated heterocycles. The number of carbonyl (C=O) groups is 1. The molecule has 128 valence electrons. The van der Waals surface area contributed by atoms with Crippen molar-refractivity contribution in [1.29, 1.82) is 0 Å². The van der Waals surface area contributed by atoms with Crippen LogP contribution in [0.25, 0.3) is 0 Å². The van der Waals surface area contributed by atoms with Crippen molar-refractivity contribution in [2.45, 2.75) is 19.3 Å². The van der Waals surface area contributed by atoms with Gasteiger partial charge in [0, 0.05) is 12.7 Å². The normalized spacial score (nSPS) is 13.1. The zero-order valence-electron chi connectivity index (χ0n) is 14.1. The van der Waals surface area contributed by atoms with Crippen molar-refractivity contribution < 1.29 is 23.7 Å². The lowest BCUT2D eigenvalue weighted by atomic mass is 10.2. The van der Waals surface area contributed by atoms with Crippen LogP contribution in [0.3, 0.4) is 0 Å². The van der Waals surface area contributed by atoms with Crippen molar-refractivity contribution in [3.8, 4) is 5.75 Å². The minimum atomic E-state index is -0.607. The van der Waals surface area contributed by atoms with Gasteiger partial charge in [0.05, 0.1) is 25.4 Å². The smallest absolute Gasteiger partial charge is 0.337 e. The van der Waals surface area contributed by atoms with E-state index in [1.54, 1.807) is 31.4 Å². The maximum atomic E-state index is 11.7. The lowest BCUT2D eigenvalue weighted by Crippen LogP contribution is -2.22. The van der Waals surface area contributed by atoms with Crippen LogP contribution in [0.5, 0.6) is 5.75 Å². The number of methoxy groups -OCH3 is 2. The quantitative estimate of drug-likeness (QED) is 0.547. The molecule has 2 rings (SSSR count). The van der Waals surface area contributed by atoms with Gasteiger partial charge in [-0.05, 0) is 25.1 Å². The highest BCUT2D eigenvalue weighted by Crippen LogP contribution is 2.25. The second-order valence-corrected chi connectivity index (χ2v) is 5.28. The summed E-state index contributed by atoms with van der Waals surface area (Å²) in [5, 5.41) is 0. The van der Waals surface area contributed by atoms with Crippen molar-refractivity contribution in [1.82, 2.24) is 0 Å². The Labute approximate surface area is 142 Å². The van der Waals surface area contributed by atoms with Crippen molar-refractivity contribution in [2.24, 2.45) is 0 Å². The van der Waals surface area contributed by atoms with Crippen LogP contribution in [0.15, 0.2) is 54.6 Å². The molecule has 0 N–H and O–H groups in total. The molecule has 5 heteroatoms. The highest BCUT2D eigenvalue weighted by Gasteiger charge is 2.18. The fraction of sp³-hybridized carbons (Fsp3) is 0.316. The topological polar surface area (TPSA) is 54.0 Å². The maximum Gasteiger partial charge on any atom is 0.337 e. The molecule has 0 aromatic heterocycles. The molecule has 0 fully saturated rings. The molecule has 0 aliphatic carbocycles. The summed E-state index contributed by atoms with van der Waals surface area (Å²) in [6.45, 7) is 2.36. The molecule has 24 heavy (non-hydrogen) atoms. The van der Waals surface area contributed by atoms with Gasteiger partial charge in [-0.1, -0.05) is 36.4 Å². The van der Waals surface area contributed by atoms with Gasteiger partial charge in [-0.3, -0.25) is 0 Å². The van der Waals surface area contributed by atoms with Gasteiger partial charge in [0.15, 0.2) is 0 Å². The average molecular weight is 330 g/mol. The third-order valence-electron chi connectivity index (χ3n) is 3.33. The van der Waals surface area contributed by atoms with Gasteiger partial charge < -0.3 is 18.9 Å². The number of rotatable bonds is 8. The molecule has 0 radical (unpaired) electrons. The highest BCUT2D eigenvalue weighted by atomic mass is 16.7. The summed E-state index contributed by atoms with van der Waals surface area (Å²) in [4.78, 5) is 11.7. The predicted molar refractivity (Wildman–Crippen MR) is 90.0 cm³/mol. The monoisotopic (exact) mass is 330 g/mol. The van der Waals surface area contributed by atoms with Gasteiger partial charge in [-0.25, -0.2) is 4.79 Å². The first kappa shape index (κ1) is 18.0. The largest absolute Gasteiger partial charge is 0.465 e. The summed E-state index contributed by atoms with van der Waals surface area (Å²) >= 11 is 0. The Kier molecular flexibility index (Phi) is 6.78. The van der Waals surface area contributed by atoms with E-state index in [1.165, 1.54) is 7.11 Å². The van der Waals surface area contributed by atoms with Gasteiger partial charge in [0.1, 0.15) is 5.75 Å². The van der Waals surface area contributed by atoms with Crippen LogP contribution in [-0.2, 0) is 14.2 Å². The third kappa shape index (κ3) is 5.08. The predicted octanol–water partition coefficient (Wildman–Crippen LogP) is 3.60. The summed E-state index contributed by atoms with van der Waals surface area (Å²) in [5.41, 5.74) is 1.30. The van der Waals surface area contributed by atoms with Crippen LogP contribution in [0.1, 0.15) is 29.1 Å². The van der Waals surface area contributed by atoms with E-state index in [9.17, 15) is 4.79 Å². The number of ether oxygens (including phenoxy) is 4.